The Hall–Kier alpha value is -3.32. The molecule has 3 aromatic rings. The summed E-state index contributed by atoms with van der Waals surface area (Å²) in [5, 5.41) is 10.5. The van der Waals surface area contributed by atoms with E-state index in [0.29, 0.717) is 60.6 Å². The molecule has 0 unspecified atom stereocenters. The van der Waals surface area contributed by atoms with Gasteiger partial charge in [-0.1, -0.05) is 18.2 Å². The minimum absolute atomic E-state index is 0.00332. The zero-order valence-electron chi connectivity index (χ0n) is 17.6. The van der Waals surface area contributed by atoms with Gasteiger partial charge in [0.15, 0.2) is 16.9 Å². The summed E-state index contributed by atoms with van der Waals surface area (Å²) in [5.41, 5.74) is 1.14. The second-order valence-electron chi connectivity index (χ2n) is 7.28. The van der Waals surface area contributed by atoms with Gasteiger partial charge in [0.05, 0.1) is 23.6 Å². The first-order chi connectivity index (χ1) is 15.1. The summed E-state index contributed by atoms with van der Waals surface area (Å²) in [5.74, 6) is 0.0467. The SMILES string of the molecule is CCOCCCN1C(=O)c2oc3ccccc3c(=O)c2[C@H]1c1ccc(O)c(OCC)c1. The Morgan fingerprint density at radius 2 is 1.90 bits per heavy atom. The first kappa shape index (κ1) is 20.9. The van der Waals surface area contributed by atoms with E-state index in [9.17, 15) is 14.7 Å². The number of nitrogens with zero attached hydrogens (tertiary/aromatic N) is 1. The van der Waals surface area contributed by atoms with Crippen LogP contribution in [0.3, 0.4) is 0 Å². The molecule has 1 aromatic heterocycles. The van der Waals surface area contributed by atoms with Crippen LogP contribution in [-0.4, -0.2) is 42.3 Å². The van der Waals surface area contributed by atoms with Gasteiger partial charge >= 0.3 is 0 Å². The normalized spacial score (nSPS) is 15.5. The number of hydrogen-bond acceptors (Lipinski definition) is 6. The largest absolute Gasteiger partial charge is 0.504 e. The van der Waals surface area contributed by atoms with E-state index in [2.05, 4.69) is 0 Å². The predicted molar refractivity (Wildman–Crippen MR) is 116 cm³/mol. The third-order valence-electron chi connectivity index (χ3n) is 5.36. The standard InChI is InChI=1S/C24H25NO6/c1-3-29-13-7-12-25-21(15-10-11-17(26)19(14-15)30-4-2)20-22(27)16-8-5-6-9-18(16)31-23(20)24(25)28/h5-6,8-11,14,21,26H,3-4,7,12-13H2,1-2H3/t21-/m1/s1. The van der Waals surface area contributed by atoms with Gasteiger partial charge in [-0.15, -0.1) is 0 Å². The molecular formula is C24H25NO6. The molecule has 0 radical (unpaired) electrons. The van der Waals surface area contributed by atoms with Crippen LogP contribution in [0.15, 0.2) is 51.7 Å². The summed E-state index contributed by atoms with van der Waals surface area (Å²) in [6, 6.07) is 11.2. The van der Waals surface area contributed by atoms with Crippen LogP contribution >= 0.6 is 0 Å². The molecule has 0 spiro atoms. The third kappa shape index (κ3) is 3.77. The number of phenols is 1. The van der Waals surface area contributed by atoms with E-state index in [1.54, 1.807) is 41.3 Å². The van der Waals surface area contributed by atoms with Gasteiger partial charge in [-0.3, -0.25) is 9.59 Å². The Labute approximate surface area is 179 Å². The number of phenolic OH excluding ortho intramolecular Hbond substituents is 1. The number of para-hydroxylation sites is 1. The van der Waals surface area contributed by atoms with Gasteiger partial charge < -0.3 is 23.9 Å². The van der Waals surface area contributed by atoms with Gasteiger partial charge in [0, 0.05) is 19.8 Å². The van der Waals surface area contributed by atoms with Gasteiger partial charge in [-0.05, 0) is 50.1 Å². The highest BCUT2D eigenvalue weighted by Crippen LogP contribution is 2.40. The van der Waals surface area contributed by atoms with E-state index in [4.69, 9.17) is 13.9 Å². The van der Waals surface area contributed by atoms with Crippen molar-refractivity contribution >= 4 is 16.9 Å². The summed E-state index contributed by atoms with van der Waals surface area (Å²) >= 11 is 0. The first-order valence-electron chi connectivity index (χ1n) is 10.5. The van der Waals surface area contributed by atoms with Crippen LogP contribution in [-0.2, 0) is 4.74 Å². The van der Waals surface area contributed by atoms with Crippen molar-refractivity contribution in [1.82, 2.24) is 4.90 Å². The Morgan fingerprint density at radius 3 is 2.68 bits per heavy atom. The number of carbonyl (C=O) groups is 1. The number of hydrogen-bond donors (Lipinski definition) is 1. The highest BCUT2D eigenvalue weighted by Gasteiger charge is 2.42. The van der Waals surface area contributed by atoms with Crippen molar-refractivity contribution in [2.24, 2.45) is 0 Å². The van der Waals surface area contributed by atoms with Gasteiger partial charge in [0.25, 0.3) is 5.91 Å². The lowest BCUT2D eigenvalue weighted by Gasteiger charge is -2.25. The molecule has 0 fully saturated rings. The third-order valence-corrected chi connectivity index (χ3v) is 5.36. The Bertz CT molecular complexity index is 1170. The molecule has 4 rings (SSSR count). The average molecular weight is 423 g/mol. The zero-order valence-corrected chi connectivity index (χ0v) is 17.6. The highest BCUT2D eigenvalue weighted by molar-refractivity contribution is 5.99. The molecular weight excluding hydrogens is 398 g/mol. The fourth-order valence-corrected chi connectivity index (χ4v) is 4.00. The highest BCUT2D eigenvalue weighted by atomic mass is 16.5. The molecule has 2 aromatic carbocycles. The summed E-state index contributed by atoms with van der Waals surface area (Å²) in [7, 11) is 0. The molecule has 1 amide bonds. The number of carbonyl (C=O) groups excluding carboxylic acids is 1. The lowest BCUT2D eigenvalue weighted by Crippen LogP contribution is -2.31. The molecule has 0 aliphatic carbocycles. The van der Waals surface area contributed by atoms with Crippen molar-refractivity contribution < 1.29 is 23.8 Å². The van der Waals surface area contributed by atoms with E-state index in [1.807, 2.05) is 13.8 Å². The fourth-order valence-electron chi connectivity index (χ4n) is 4.00. The maximum Gasteiger partial charge on any atom is 0.290 e. The fraction of sp³-hybridized carbons (Fsp3) is 0.333. The second-order valence-corrected chi connectivity index (χ2v) is 7.28. The number of benzene rings is 2. The van der Waals surface area contributed by atoms with Crippen molar-refractivity contribution in [1.29, 1.82) is 0 Å². The van der Waals surface area contributed by atoms with E-state index >= 15 is 0 Å². The van der Waals surface area contributed by atoms with Crippen LogP contribution in [0.5, 0.6) is 11.5 Å². The number of rotatable bonds is 8. The van der Waals surface area contributed by atoms with Crippen LogP contribution in [0.2, 0.25) is 0 Å². The maximum atomic E-state index is 13.4. The summed E-state index contributed by atoms with van der Waals surface area (Å²) in [4.78, 5) is 28.3. The maximum absolute atomic E-state index is 13.4. The molecule has 1 aliphatic rings. The van der Waals surface area contributed by atoms with E-state index < -0.39 is 6.04 Å². The predicted octanol–water partition coefficient (Wildman–Crippen LogP) is 3.87. The molecule has 2 heterocycles. The second kappa shape index (κ2) is 8.81. The van der Waals surface area contributed by atoms with Crippen LogP contribution < -0.4 is 10.2 Å². The lowest BCUT2D eigenvalue weighted by atomic mass is 9.98. The molecule has 1 aliphatic heterocycles. The quantitative estimate of drug-likeness (QED) is 0.553. The number of aromatic hydroxyl groups is 1. The molecule has 0 saturated carbocycles. The lowest BCUT2D eigenvalue weighted by molar-refractivity contribution is 0.0695. The van der Waals surface area contributed by atoms with Crippen LogP contribution in [0, 0.1) is 0 Å². The molecule has 0 saturated heterocycles. The van der Waals surface area contributed by atoms with Gasteiger partial charge in [0.2, 0.25) is 5.76 Å². The molecule has 0 bridgehead atoms. The van der Waals surface area contributed by atoms with Crippen molar-refractivity contribution in [3.8, 4) is 11.5 Å². The minimum Gasteiger partial charge on any atom is -0.504 e. The van der Waals surface area contributed by atoms with Crippen LogP contribution in [0.4, 0.5) is 0 Å². The average Bonchev–Trinajstić information content (AvgIpc) is 3.05. The van der Waals surface area contributed by atoms with E-state index in [1.165, 1.54) is 6.07 Å². The Kier molecular flexibility index (Phi) is 5.95. The summed E-state index contributed by atoms with van der Waals surface area (Å²) in [6.07, 6.45) is 0.619. The Balaban J connectivity index is 1.85. The van der Waals surface area contributed by atoms with Gasteiger partial charge in [-0.25, -0.2) is 0 Å². The van der Waals surface area contributed by atoms with Gasteiger partial charge in [0.1, 0.15) is 5.58 Å². The zero-order chi connectivity index (χ0) is 22.0. The summed E-state index contributed by atoms with van der Waals surface area (Å²) < 4.78 is 16.9. The van der Waals surface area contributed by atoms with Crippen LogP contribution in [0.1, 0.15) is 48.0 Å². The Morgan fingerprint density at radius 1 is 1.10 bits per heavy atom. The molecule has 7 nitrogen and oxygen atoms in total. The van der Waals surface area contributed by atoms with Gasteiger partial charge in [-0.2, -0.15) is 0 Å². The smallest absolute Gasteiger partial charge is 0.290 e. The number of ether oxygens (including phenoxy) is 2. The van der Waals surface area contributed by atoms with Crippen molar-refractivity contribution in [2.75, 3.05) is 26.4 Å². The molecule has 162 valence electrons. The monoisotopic (exact) mass is 423 g/mol. The number of fused-ring (bicyclic) bond motifs is 2. The van der Waals surface area contributed by atoms with Crippen molar-refractivity contribution in [3.63, 3.8) is 0 Å². The van der Waals surface area contributed by atoms with Crippen molar-refractivity contribution in [3.05, 3.63) is 69.6 Å². The minimum atomic E-state index is -0.634. The molecule has 1 N–H and O–H groups in total. The van der Waals surface area contributed by atoms with Crippen LogP contribution in [0.25, 0.3) is 11.0 Å². The van der Waals surface area contributed by atoms with Crippen molar-refractivity contribution in [2.45, 2.75) is 26.3 Å². The molecule has 31 heavy (non-hydrogen) atoms. The van der Waals surface area contributed by atoms with E-state index in [0.717, 1.165) is 0 Å². The molecule has 1 atom stereocenters. The van der Waals surface area contributed by atoms with E-state index in [-0.39, 0.29) is 22.8 Å². The molecule has 7 heteroatoms. The topological polar surface area (TPSA) is 89.2 Å². The first-order valence-corrected chi connectivity index (χ1v) is 10.5. The summed E-state index contributed by atoms with van der Waals surface area (Å²) in [6.45, 7) is 5.61. The number of amides is 1.